The molecule has 1 N–H and O–H groups in total. The first-order valence-electron chi connectivity index (χ1n) is 6.51. The van der Waals surface area contributed by atoms with E-state index in [1.165, 1.54) is 5.56 Å². The fraction of sp³-hybridized carbons (Fsp3) is 0.462. The first kappa shape index (κ1) is 13.7. The van der Waals surface area contributed by atoms with Crippen LogP contribution >= 0.6 is 15.9 Å². The third-order valence-corrected chi connectivity index (χ3v) is 4.43. The number of aryl methyl sites for hydroxylation is 1. The number of nitrogens with zero attached hydrogens (tertiary/aromatic N) is 5. The molecule has 1 fully saturated rings. The average Bonchev–Trinajstić information content (AvgIpc) is 3.03. The van der Waals surface area contributed by atoms with Gasteiger partial charge in [-0.15, -0.1) is 5.10 Å². The van der Waals surface area contributed by atoms with Crippen molar-refractivity contribution in [2.24, 2.45) is 0 Å². The van der Waals surface area contributed by atoms with E-state index < -0.39 is 6.10 Å². The number of pyridine rings is 1. The third kappa shape index (κ3) is 2.74. The van der Waals surface area contributed by atoms with Crippen molar-refractivity contribution in [3.63, 3.8) is 0 Å². The second-order valence-electron chi connectivity index (χ2n) is 5.14. The van der Waals surface area contributed by atoms with E-state index >= 15 is 0 Å². The summed E-state index contributed by atoms with van der Waals surface area (Å²) in [7, 11) is 0. The number of β-amino-alcohol motifs (C(OH)–C–C–N with tert-alkyl or cyclic N) is 1. The van der Waals surface area contributed by atoms with Gasteiger partial charge in [0.25, 0.3) is 0 Å². The molecule has 3 heterocycles. The summed E-state index contributed by atoms with van der Waals surface area (Å²) in [6, 6.07) is 2.04. The molecule has 0 unspecified atom stereocenters. The van der Waals surface area contributed by atoms with Gasteiger partial charge in [-0.1, -0.05) is 5.21 Å². The SMILES string of the molecule is Cc1cc(CN2C[C@@H](O)[C@H](n3ccnn3)C2)ncc1Br. The molecule has 0 bridgehead atoms. The molecule has 0 aliphatic carbocycles. The highest BCUT2D eigenvalue weighted by atomic mass is 79.9. The fourth-order valence-corrected chi connectivity index (χ4v) is 2.76. The molecule has 1 saturated heterocycles. The molecule has 1 aliphatic rings. The van der Waals surface area contributed by atoms with Gasteiger partial charge in [-0.2, -0.15) is 0 Å². The summed E-state index contributed by atoms with van der Waals surface area (Å²) in [5, 5.41) is 17.9. The van der Waals surface area contributed by atoms with E-state index in [1.54, 1.807) is 17.1 Å². The van der Waals surface area contributed by atoms with Gasteiger partial charge in [0, 0.05) is 36.5 Å². The maximum Gasteiger partial charge on any atom is 0.0935 e. The molecule has 7 heteroatoms. The van der Waals surface area contributed by atoms with Gasteiger partial charge in [-0.3, -0.25) is 9.88 Å². The molecular formula is C13H16BrN5O. The smallest absolute Gasteiger partial charge is 0.0935 e. The number of hydrogen-bond donors (Lipinski definition) is 1. The lowest BCUT2D eigenvalue weighted by Gasteiger charge is -2.15. The van der Waals surface area contributed by atoms with Gasteiger partial charge in [0.2, 0.25) is 0 Å². The lowest BCUT2D eigenvalue weighted by atomic mass is 10.2. The second-order valence-corrected chi connectivity index (χ2v) is 5.99. The van der Waals surface area contributed by atoms with Crippen LogP contribution in [0.15, 0.2) is 29.1 Å². The average molecular weight is 338 g/mol. The van der Waals surface area contributed by atoms with Crippen LogP contribution < -0.4 is 0 Å². The Hall–Kier alpha value is -1.31. The lowest BCUT2D eigenvalue weighted by molar-refractivity contribution is 0.138. The van der Waals surface area contributed by atoms with Crippen molar-refractivity contribution in [3.8, 4) is 0 Å². The van der Waals surface area contributed by atoms with Crippen LogP contribution in [0.2, 0.25) is 0 Å². The van der Waals surface area contributed by atoms with Crippen LogP contribution in [-0.2, 0) is 6.54 Å². The number of likely N-dealkylation sites (tertiary alicyclic amines) is 1. The largest absolute Gasteiger partial charge is 0.390 e. The molecule has 2 aromatic rings. The molecule has 20 heavy (non-hydrogen) atoms. The third-order valence-electron chi connectivity index (χ3n) is 3.60. The Labute approximate surface area is 125 Å². The highest BCUT2D eigenvalue weighted by Gasteiger charge is 2.33. The Morgan fingerprint density at radius 2 is 2.30 bits per heavy atom. The van der Waals surface area contributed by atoms with Crippen molar-refractivity contribution >= 4 is 15.9 Å². The van der Waals surface area contributed by atoms with Gasteiger partial charge in [-0.25, -0.2) is 4.68 Å². The fourth-order valence-electron chi connectivity index (χ4n) is 2.54. The van der Waals surface area contributed by atoms with Crippen molar-refractivity contribution in [1.82, 2.24) is 24.9 Å². The molecule has 2 aromatic heterocycles. The van der Waals surface area contributed by atoms with E-state index in [-0.39, 0.29) is 6.04 Å². The molecule has 0 amide bonds. The quantitative estimate of drug-likeness (QED) is 0.910. The summed E-state index contributed by atoms with van der Waals surface area (Å²) < 4.78 is 2.74. The zero-order chi connectivity index (χ0) is 14.1. The molecule has 0 aromatic carbocycles. The van der Waals surface area contributed by atoms with Crippen molar-refractivity contribution in [1.29, 1.82) is 0 Å². The number of halogens is 1. The Morgan fingerprint density at radius 3 is 3.00 bits per heavy atom. The predicted molar refractivity (Wildman–Crippen MR) is 77.0 cm³/mol. The van der Waals surface area contributed by atoms with Gasteiger partial charge >= 0.3 is 0 Å². The summed E-state index contributed by atoms with van der Waals surface area (Å²) >= 11 is 3.45. The van der Waals surface area contributed by atoms with Crippen molar-refractivity contribution in [2.45, 2.75) is 25.6 Å². The van der Waals surface area contributed by atoms with Crippen molar-refractivity contribution in [2.75, 3.05) is 13.1 Å². The molecule has 6 nitrogen and oxygen atoms in total. The minimum Gasteiger partial charge on any atom is -0.390 e. The molecule has 1 aliphatic heterocycles. The maximum atomic E-state index is 10.1. The molecule has 0 radical (unpaired) electrons. The van der Waals surface area contributed by atoms with Crippen LogP contribution in [0.25, 0.3) is 0 Å². The highest BCUT2D eigenvalue weighted by molar-refractivity contribution is 9.10. The summed E-state index contributed by atoms with van der Waals surface area (Å²) in [6.07, 6.45) is 4.83. The minimum absolute atomic E-state index is 0.0333. The van der Waals surface area contributed by atoms with Crippen LogP contribution in [0.4, 0.5) is 0 Å². The second kappa shape index (κ2) is 5.59. The molecule has 2 atom stereocenters. The van der Waals surface area contributed by atoms with E-state index in [1.807, 2.05) is 13.1 Å². The van der Waals surface area contributed by atoms with Crippen LogP contribution in [0, 0.1) is 6.92 Å². The lowest BCUT2D eigenvalue weighted by Crippen LogP contribution is -2.22. The van der Waals surface area contributed by atoms with E-state index in [0.717, 1.165) is 23.3 Å². The maximum absolute atomic E-state index is 10.1. The van der Waals surface area contributed by atoms with Gasteiger partial charge in [-0.05, 0) is 34.5 Å². The normalized spacial score (nSPS) is 23.4. The van der Waals surface area contributed by atoms with Gasteiger partial charge in [0.1, 0.15) is 0 Å². The van der Waals surface area contributed by atoms with Crippen LogP contribution in [0.1, 0.15) is 17.3 Å². The number of rotatable bonds is 3. The van der Waals surface area contributed by atoms with Gasteiger partial charge < -0.3 is 5.11 Å². The molecule has 106 valence electrons. The Morgan fingerprint density at radius 1 is 1.45 bits per heavy atom. The molecule has 3 rings (SSSR count). The summed E-state index contributed by atoms with van der Waals surface area (Å²) in [4.78, 5) is 6.60. The van der Waals surface area contributed by atoms with E-state index in [9.17, 15) is 5.11 Å². The Bertz CT molecular complexity index is 588. The predicted octanol–water partition coefficient (Wildman–Crippen LogP) is 1.16. The zero-order valence-corrected chi connectivity index (χ0v) is 12.7. The first-order valence-corrected chi connectivity index (χ1v) is 7.30. The molecule has 0 saturated carbocycles. The van der Waals surface area contributed by atoms with E-state index in [0.29, 0.717) is 6.54 Å². The number of aliphatic hydroxyl groups excluding tert-OH is 1. The van der Waals surface area contributed by atoms with E-state index in [2.05, 4.69) is 42.2 Å². The number of aromatic nitrogens is 4. The van der Waals surface area contributed by atoms with Crippen LogP contribution in [-0.4, -0.2) is 49.2 Å². The van der Waals surface area contributed by atoms with E-state index in [4.69, 9.17) is 0 Å². The number of hydrogen-bond acceptors (Lipinski definition) is 5. The highest BCUT2D eigenvalue weighted by Crippen LogP contribution is 2.23. The Kier molecular flexibility index (Phi) is 3.82. The summed E-state index contributed by atoms with van der Waals surface area (Å²) in [6.45, 7) is 4.16. The monoisotopic (exact) mass is 337 g/mol. The number of aliphatic hydroxyl groups is 1. The summed E-state index contributed by atoms with van der Waals surface area (Å²) in [5.41, 5.74) is 2.18. The topological polar surface area (TPSA) is 67.1 Å². The zero-order valence-electron chi connectivity index (χ0n) is 11.1. The van der Waals surface area contributed by atoms with Crippen LogP contribution in [0.5, 0.6) is 0 Å². The molecular weight excluding hydrogens is 322 g/mol. The van der Waals surface area contributed by atoms with Crippen molar-refractivity contribution < 1.29 is 5.11 Å². The molecule has 0 spiro atoms. The minimum atomic E-state index is -0.423. The Balaban J connectivity index is 1.69. The van der Waals surface area contributed by atoms with Gasteiger partial charge in [0.05, 0.1) is 24.0 Å². The first-order chi connectivity index (χ1) is 9.63. The summed E-state index contributed by atoms with van der Waals surface area (Å²) in [5.74, 6) is 0. The van der Waals surface area contributed by atoms with Crippen molar-refractivity contribution in [3.05, 3.63) is 40.4 Å². The van der Waals surface area contributed by atoms with Gasteiger partial charge in [0.15, 0.2) is 0 Å². The van der Waals surface area contributed by atoms with Crippen LogP contribution in [0.3, 0.4) is 0 Å². The standard InChI is InChI=1S/C13H16BrN5O/c1-9-4-10(15-5-11(9)14)6-18-7-12(13(20)8-18)19-3-2-16-17-19/h2-5,12-13,20H,6-8H2,1H3/t12-,13-/m1/s1.